The van der Waals surface area contributed by atoms with Crippen LogP contribution in [0.3, 0.4) is 0 Å². The van der Waals surface area contributed by atoms with E-state index in [1.54, 1.807) is 56.3 Å². The summed E-state index contributed by atoms with van der Waals surface area (Å²) >= 11 is 0. The van der Waals surface area contributed by atoms with Gasteiger partial charge >= 0.3 is 11.9 Å². The summed E-state index contributed by atoms with van der Waals surface area (Å²) in [6.45, 7) is 58.6. The monoisotopic (exact) mass is 1710 g/mol. The SMILES string of the molecule is CC(C)(C)c1ccc(-c2cncnc2)cc1.CC(C)(C)c1ccc(-n2cnnn2)cc1.CC(C)(C)c1ccc(CCCN2CCOCC2)nc1.CC(C)(C)c1cnc(N)nc1.COC(=O)Cc1ccc(C(C)(C)C)cn1.COC(=O)Cc1ncc(C(C)(C)C)cn1.COCCCC(=O)c1cccc(C(C)(C)C)c1.COCCNC(=O)c1ccc(C(C)(C)C)cc1. The van der Waals surface area contributed by atoms with E-state index >= 15 is 0 Å². The molecule has 24 heteroatoms. The third-order valence-corrected chi connectivity index (χ3v) is 20.0. The summed E-state index contributed by atoms with van der Waals surface area (Å²) in [5.41, 5.74) is 22.7. The number of methoxy groups -OCH3 is 4. The fourth-order valence-electron chi connectivity index (χ4n) is 11.5. The number of nitrogens with two attached hydrogens (primary N) is 1. The molecule has 0 aliphatic carbocycles. The predicted octanol–water partition coefficient (Wildman–Crippen LogP) is 18.9. The minimum absolute atomic E-state index is 0.0315. The van der Waals surface area contributed by atoms with Crippen molar-refractivity contribution in [1.82, 2.24) is 70.3 Å². The lowest BCUT2D eigenvalue weighted by atomic mass is 9.85. The number of anilines is 1. The van der Waals surface area contributed by atoms with Gasteiger partial charge in [-0.05, 0) is 172 Å². The molecule has 0 unspecified atom stereocenters. The standard InChI is InChI=1S/C16H26N2O.C15H22O2.C14H16N2.C14H21NO2.C12H17NO2.C11H14N4.C11H16N2O2.C8H13N3/c1-16(2,3)14-6-7-15(17-13-14)5-4-8-18-9-11-19-12-10-18;1-15(2,3)13-8-5-7-12(11-13)14(16)9-6-10-17-4;1-14(2,3)13-6-4-11(5-7-13)12-8-15-10-16-9-12;1-14(2,3)12-7-5-11(6-8-12)13(16)15-9-10-17-4;1-12(2,3)9-5-6-10(13-8-9)7-11(14)15-4;1-11(2,3)9-4-6-10(7-5-9)15-8-12-13-14-15;1-11(2,3)8-6-12-9(13-7-8)5-10(14)15-4;1-8(2,3)6-4-10-7(9)11-5-6/h6-7,13H,4-5,8-12H2,1-3H3;5,7-8,11H,6,9-10H2,1-4H3;4-10H,1-3H3;5-8H,9-10H2,1-4H3,(H,15,16);5-6,8H,7H2,1-4H3;4-8H,1-3H3;6-7H,5H2,1-4H3;4-5H,1-3H3,(H2,9,10,11). The molecule has 0 atom stereocenters. The lowest BCUT2D eigenvalue weighted by Crippen LogP contribution is -2.36. The average Bonchev–Trinajstić information content (AvgIpc) is 1.79. The van der Waals surface area contributed by atoms with Gasteiger partial charge in [0.1, 0.15) is 24.9 Å². The number of carbonyl (C=O) groups is 4. The molecule has 3 N–H and O–H groups in total. The molecule has 125 heavy (non-hydrogen) atoms. The molecule has 0 saturated carbocycles. The van der Waals surface area contributed by atoms with Crippen molar-refractivity contribution in [2.24, 2.45) is 0 Å². The Bertz CT molecular complexity index is 4650. The number of benzene rings is 4. The van der Waals surface area contributed by atoms with Crippen LogP contribution in [0.5, 0.6) is 0 Å². The molecule has 0 spiro atoms. The summed E-state index contributed by atoms with van der Waals surface area (Å²) in [4.78, 5) is 81.0. The molecule has 1 aliphatic heterocycles. The molecule has 1 fully saturated rings. The minimum atomic E-state index is -0.321. The maximum atomic E-state index is 11.9. The summed E-state index contributed by atoms with van der Waals surface area (Å²) in [5, 5.41) is 13.8. The quantitative estimate of drug-likeness (QED) is 0.0432. The summed E-state index contributed by atoms with van der Waals surface area (Å²) in [5.74, 6) is 0.396. The second-order valence-electron chi connectivity index (χ2n) is 38.8. The number of nitrogens with zero attached hydrogens (tertiary/aromatic N) is 13. The number of rotatable bonds is 19. The molecule has 1 aliphatic rings. The van der Waals surface area contributed by atoms with E-state index in [1.807, 2.05) is 91.5 Å². The van der Waals surface area contributed by atoms with E-state index in [-0.39, 0.29) is 79.8 Å². The van der Waals surface area contributed by atoms with Gasteiger partial charge in [0.05, 0.1) is 51.8 Å². The molecule has 0 radical (unpaired) electrons. The van der Waals surface area contributed by atoms with Crippen LogP contribution in [0.15, 0.2) is 184 Å². The summed E-state index contributed by atoms with van der Waals surface area (Å²) in [7, 11) is 6.01. The van der Waals surface area contributed by atoms with Gasteiger partial charge < -0.3 is 34.7 Å². The molecule has 1 amide bonds. The predicted molar refractivity (Wildman–Crippen MR) is 503 cm³/mol. The second kappa shape index (κ2) is 51.0. The first-order valence-corrected chi connectivity index (χ1v) is 42.9. The number of hydrogen-bond acceptors (Lipinski definition) is 22. The van der Waals surface area contributed by atoms with Crippen molar-refractivity contribution in [1.29, 1.82) is 0 Å². The Morgan fingerprint density at radius 3 is 1.32 bits per heavy atom. The van der Waals surface area contributed by atoms with Gasteiger partial charge in [0.2, 0.25) is 5.95 Å². The third kappa shape index (κ3) is 41.3. The van der Waals surface area contributed by atoms with Gasteiger partial charge in [-0.3, -0.25) is 34.0 Å². The number of nitrogens with one attached hydrogen (secondary N) is 1. The molecular weight excluding hydrogens is 1570 g/mol. The number of carbonyl (C=O) groups excluding carboxylic acids is 4. The van der Waals surface area contributed by atoms with E-state index in [0.29, 0.717) is 43.5 Å². The van der Waals surface area contributed by atoms with E-state index in [0.717, 1.165) is 90.5 Å². The smallest absolute Gasteiger partial charge is 0.313 e. The van der Waals surface area contributed by atoms with Crippen molar-refractivity contribution in [2.75, 3.05) is 86.8 Å². The summed E-state index contributed by atoms with van der Waals surface area (Å²) < 4.78 is 25.9. The van der Waals surface area contributed by atoms with Gasteiger partial charge in [-0.15, -0.1) is 5.10 Å². The third-order valence-electron chi connectivity index (χ3n) is 20.0. The Morgan fingerprint density at radius 2 is 0.880 bits per heavy atom. The molecular formula is C101H145N15O9. The Morgan fingerprint density at radius 1 is 0.440 bits per heavy atom. The Hall–Kier alpha value is -10.8. The van der Waals surface area contributed by atoms with Gasteiger partial charge in [0.15, 0.2) is 5.78 Å². The zero-order valence-corrected chi connectivity index (χ0v) is 80.3. The number of ether oxygens (including phenoxy) is 5. The number of hydrogen-bond donors (Lipinski definition) is 2. The van der Waals surface area contributed by atoms with Crippen molar-refractivity contribution >= 4 is 29.6 Å². The lowest BCUT2D eigenvalue weighted by molar-refractivity contribution is -0.140. The number of morpholine rings is 1. The molecule has 24 nitrogen and oxygen atoms in total. The van der Waals surface area contributed by atoms with Gasteiger partial charge in [0, 0.05) is 119 Å². The topological polar surface area (TPSA) is 302 Å². The highest BCUT2D eigenvalue weighted by atomic mass is 16.5. The van der Waals surface area contributed by atoms with E-state index < -0.39 is 0 Å². The molecule has 4 aromatic carbocycles. The van der Waals surface area contributed by atoms with E-state index in [4.69, 9.17) is 19.9 Å². The number of ketones is 1. The fourth-order valence-corrected chi connectivity index (χ4v) is 11.5. The van der Waals surface area contributed by atoms with Crippen LogP contribution in [0.1, 0.15) is 268 Å². The molecule has 7 heterocycles. The molecule has 6 aromatic heterocycles. The van der Waals surface area contributed by atoms with Gasteiger partial charge in [-0.2, -0.15) is 0 Å². The zero-order valence-electron chi connectivity index (χ0n) is 80.3. The maximum absolute atomic E-state index is 11.9. The average molecular weight is 1710 g/mol. The van der Waals surface area contributed by atoms with Crippen molar-refractivity contribution in [3.8, 4) is 16.8 Å². The number of esters is 2. The first kappa shape index (κ1) is 107. The Balaban J connectivity index is 0.000000301. The lowest BCUT2D eigenvalue weighted by Gasteiger charge is -2.26. The zero-order chi connectivity index (χ0) is 93.4. The number of aryl methyl sites for hydroxylation is 1. The first-order chi connectivity index (χ1) is 58.5. The van der Waals surface area contributed by atoms with Crippen molar-refractivity contribution in [3.63, 3.8) is 0 Å². The van der Waals surface area contributed by atoms with Crippen LogP contribution in [-0.4, -0.2) is 170 Å². The molecule has 678 valence electrons. The largest absolute Gasteiger partial charge is 0.469 e. The second-order valence-corrected chi connectivity index (χ2v) is 38.8. The van der Waals surface area contributed by atoms with Crippen LogP contribution in [0, 0.1) is 0 Å². The van der Waals surface area contributed by atoms with Crippen molar-refractivity contribution < 1.29 is 42.9 Å². The fraction of sp³-hybridized carbons (Fsp3) is 0.495. The van der Waals surface area contributed by atoms with E-state index in [9.17, 15) is 19.2 Å². The Labute approximate surface area is 746 Å². The summed E-state index contributed by atoms with van der Waals surface area (Å²) in [6, 6.07) is 40.8. The summed E-state index contributed by atoms with van der Waals surface area (Å²) in [6.07, 6.45) is 21.7. The number of nitrogen functional groups attached to an aromatic ring is 1. The highest BCUT2D eigenvalue weighted by Gasteiger charge is 2.22. The maximum Gasteiger partial charge on any atom is 0.313 e. The van der Waals surface area contributed by atoms with Crippen LogP contribution in [0.4, 0.5) is 5.95 Å². The van der Waals surface area contributed by atoms with Crippen LogP contribution < -0.4 is 11.1 Å². The number of tetrazole rings is 1. The highest BCUT2D eigenvalue weighted by molar-refractivity contribution is 5.96. The minimum Gasteiger partial charge on any atom is -0.469 e. The van der Waals surface area contributed by atoms with E-state index in [2.05, 4.69) is 296 Å². The molecule has 11 rings (SSSR count). The van der Waals surface area contributed by atoms with Gasteiger partial charge in [-0.25, -0.2) is 34.6 Å². The van der Waals surface area contributed by atoms with Crippen molar-refractivity contribution in [2.45, 2.75) is 248 Å². The normalized spacial score (nSPS) is 12.4. The molecule has 0 bridgehead atoms. The molecule has 10 aromatic rings. The van der Waals surface area contributed by atoms with E-state index in [1.165, 1.54) is 54.2 Å². The first-order valence-electron chi connectivity index (χ1n) is 42.9. The highest BCUT2D eigenvalue weighted by Crippen LogP contribution is 2.30. The number of Topliss-reactive ketones (excluding diaryl/α,β-unsaturated/α-hetero) is 1. The van der Waals surface area contributed by atoms with Gasteiger partial charge in [-0.1, -0.05) is 245 Å². The number of pyridine rings is 2. The molecule has 1 saturated heterocycles. The number of amides is 1. The van der Waals surface area contributed by atoms with Crippen LogP contribution in [-0.2, 0) is 95.9 Å². The van der Waals surface area contributed by atoms with Crippen LogP contribution in [0.2, 0.25) is 0 Å². The van der Waals surface area contributed by atoms with Crippen LogP contribution >= 0.6 is 0 Å². The van der Waals surface area contributed by atoms with Crippen LogP contribution in [0.25, 0.3) is 16.8 Å². The number of aromatic nitrogens is 12. The van der Waals surface area contributed by atoms with Gasteiger partial charge in [0.25, 0.3) is 5.91 Å². The van der Waals surface area contributed by atoms with Crippen molar-refractivity contribution in [3.05, 3.63) is 256 Å². The Kier molecular flexibility index (Phi) is 43.5.